The molecule has 0 bridgehead atoms. The van der Waals surface area contributed by atoms with E-state index in [0.717, 1.165) is 19.5 Å². The van der Waals surface area contributed by atoms with Crippen LogP contribution in [0, 0.1) is 5.82 Å². The lowest BCUT2D eigenvalue weighted by Gasteiger charge is -2.23. The SMILES string of the molecule is CN(C(=O)CCOc1ccc(F)cc1)C1CCNC1. The molecule has 1 unspecified atom stereocenters. The predicted octanol–water partition coefficient (Wildman–Crippen LogP) is 1.41. The van der Waals surface area contributed by atoms with Gasteiger partial charge in [0.15, 0.2) is 0 Å². The van der Waals surface area contributed by atoms with Crippen molar-refractivity contribution in [2.45, 2.75) is 18.9 Å². The average Bonchev–Trinajstić information content (AvgIpc) is 2.94. The van der Waals surface area contributed by atoms with Gasteiger partial charge in [-0.1, -0.05) is 0 Å². The molecule has 0 aliphatic carbocycles. The fourth-order valence-corrected chi connectivity index (χ4v) is 2.14. The molecule has 1 saturated heterocycles. The van der Waals surface area contributed by atoms with Crippen LogP contribution in [0.25, 0.3) is 0 Å². The van der Waals surface area contributed by atoms with Crippen molar-refractivity contribution >= 4 is 5.91 Å². The normalized spacial score (nSPS) is 18.3. The molecule has 1 fully saturated rings. The molecule has 0 radical (unpaired) electrons. The summed E-state index contributed by atoms with van der Waals surface area (Å²) >= 11 is 0. The van der Waals surface area contributed by atoms with Crippen LogP contribution in [0.2, 0.25) is 0 Å². The van der Waals surface area contributed by atoms with Gasteiger partial charge in [-0.15, -0.1) is 0 Å². The van der Waals surface area contributed by atoms with E-state index in [4.69, 9.17) is 4.74 Å². The number of nitrogens with zero attached hydrogens (tertiary/aromatic N) is 1. The maximum Gasteiger partial charge on any atom is 0.226 e. The first kappa shape index (κ1) is 13.8. The van der Waals surface area contributed by atoms with Gasteiger partial charge >= 0.3 is 0 Å². The molecule has 1 aromatic carbocycles. The van der Waals surface area contributed by atoms with Crippen molar-refractivity contribution in [1.82, 2.24) is 10.2 Å². The van der Waals surface area contributed by atoms with E-state index in [9.17, 15) is 9.18 Å². The molecule has 1 aliphatic heterocycles. The number of rotatable bonds is 5. The molecule has 1 N–H and O–H groups in total. The molecule has 1 aromatic rings. The monoisotopic (exact) mass is 266 g/mol. The summed E-state index contributed by atoms with van der Waals surface area (Å²) in [4.78, 5) is 13.7. The Morgan fingerprint density at radius 2 is 2.21 bits per heavy atom. The number of hydrogen-bond donors (Lipinski definition) is 1. The number of carbonyl (C=O) groups is 1. The second-order valence-corrected chi connectivity index (χ2v) is 4.70. The van der Waals surface area contributed by atoms with Crippen molar-refractivity contribution in [1.29, 1.82) is 0 Å². The highest BCUT2D eigenvalue weighted by molar-refractivity contribution is 5.76. The van der Waals surface area contributed by atoms with Gasteiger partial charge in [-0.2, -0.15) is 0 Å². The van der Waals surface area contributed by atoms with Crippen LogP contribution in [0.4, 0.5) is 4.39 Å². The molecule has 4 nitrogen and oxygen atoms in total. The molecule has 1 amide bonds. The smallest absolute Gasteiger partial charge is 0.226 e. The molecule has 1 heterocycles. The summed E-state index contributed by atoms with van der Waals surface area (Å²) in [6, 6.07) is 6.09. The summed E-state index contributed by atoms with van der Waals surface area (Å²) in [5.41, 5.74) is 0. The van der Waals surface area contributed by atoms with Gasteiger partial charge in [0.25, 0.3) is 0 Å². The van der Waals surface area contributed by atoms with E-state index in [0.29, 0.717) is 24.8 Å². The lowest BCUT2D eigenvalue weighted by Crippen LogP contribution is -2.38. The number of ether oxygens (including phenoxy) is 1. The quantitative estimate of drug-likeness (QED) is 0.876. The zero-order valence-electron chi connectivity index (χ0n) is 11.1. The summed E-state index contributed by atoms with van der Waals surface area (Å²) in [6.07, 6.45) is 1.34. The van der Waals surface area contributed by atoms with Crippen LogP contribution >= 0.6 is 0 Å². The van der Waals surface area contributed by atoms with E-state index in [1.165, 1.54) is 12.1 Å². The van der Waals surface area contributed by atoms with Crippen LogP contribution in [0.15, 0.2) is 24.3 Å². The largest absolute Gasteiger partial charge is 0.493 e. The Morgan fingerprint density at radius 3 is 2.84 bits per heavy atom. The number of amides is 1. The van der Waals surface area contributed by atoms with Crippen LogP contribution < -0.4 is 10.1 Å². The standard InChI is InChI=1S/C14H19FN2O2/c1-17(12-6-8-16-10-12)14(18)7-9-19-13-4-2-11(15)3-5-13/h2-5,12,16H,6-10H2,1H3. The Bertz CT molecular complexity index is 416. The number of halogens is 1. The molecule has 104 valence electrons. The van der Waals surface area contributed by atoms with Crippen molar-refractivity contribution in [2.75, 3.05) is 26.7 Å². The van der Waals surface area contributed by atoms with Gasteiger partial charge in [-0.05, 0) is 37.2 Å². The minimum absolute atomic E-state index is 0.0795. The molecule has 1 aliphatic rings. The van der Waals surface area contributed by atoms with E-state index in [2.05, 4.69) is 5.32 Å². The van der Waals surface area contributed by atoms with Crippen LogP contribution in [-0.2, 0) is 4.79 Å². The summed E-state index contributed by atoms with van der Waals surface area (Å²) < 4.78 is 18.1. The summed E-state index contributed by atoms with van der Waals surface area (Å²) in [5.74, 6) is 0.368. The lowest BCUT2D eigenvalue weighted by atomic mass is 10.2. The zero-order valence-corrected chi connectivity index (χ0v) is 11.1. The zero-order chi connectivity index (χ0) is 13.7. The van der Waals surface area contributed by atoms with E-state index in [1.807, 2.05) is 7.05 Å². The van der Waals surface area contributed by atoms with Gasteiger partial charge in [-0.3, -0.25) is 4.79 Å². The Kier molecular flexibility index (Phi) is 4.74. The van der Waals surface area contributed by atoms with Gasteiger partial charge in [0.05, 0.1) is 13.0 Å². The number of benzene rings is 1. The number of likely N-dealkylation sites (N-methyl/N-ethyl adjacent to an activating group) is 1. The van der Waals surface area contributed by atoms with Crippen molar-refractivity contribution in [3.05, 3.63) is 30.1 Å². The predicted molar refractivity (Wildman–Crippen MR) is 70.6 cm³/mol. The third-order valence-electron chi connectivity index (χ3n) is 3.37. The maximum atomic E-state index is 12.7. The molecule has 5 heteroatoms. The first-order valence-electron chi connectivity index (χ1n) is 6.51. The molecule has 0 spiro atoms. The molecule has 0 aromatic heterocycles. The van der Waals surface area contributed by atoms with Gasteiger partial charge in [-0.25, -0.2) is 4.39 Å². The van der Waals surface area contributed by atoms with E-state index in [1.54, 1.807) is 17.0 Å². The Hall–Kier alpha value is -1.62. The minimum Gasteiger partial charge on any atom is -0.493 e. The highest BCUT2D eigenvalue weighted by Crippen LogP contribution is 2.12. The van der Waals surface area contributed by atoms with Crippen LogP contribution in [0.5, 0.6) is 5.75 Å². The third kappa shape index (κ3) is 3.92. The first-order valence-corrected chi connectivity index (χ1v) is 6.51. The van der Waals surface area contributed by atoms with Crippen LogP contribution in [0.1, 0.15) is 12.8 Å². The number of hydrogen-bond acceptors (Lipinski definition) is 3. The minimum atomic E-state index is -0.295. The fourth-order valence-electron chi connectivity index (χ4n) is 2.14. The lowest BCUT2D eigenvalue weighted by molar-refractivity contribution is -0.132. The van der Waals surface area contributed by atoms with E-state index < -0.39 is 0 Å². The van der Waals surface area contributed by atoms with Crippen LogP contribution in [0.3, 0.4) is 0 Å². The van der Waals surface area contributed by atoms with Crippen molar-refractivity contribution in [2.24, 2.45) is 0 Å². The molecule has 0 saturated carbocycles. The van der Waals surface area contributed by atoms with E-state index in [-0.39, 0.29) is 11.7 Å². The van der Waals surface area contributed by atoms with Crippen molar-refractivity contribution in [3.8, 4) is 5.75 Å². The highest BCUT2D eigenvalue weighted by Gasteiger charge is 2.22. The maximum absolute atomic E-state index is 12.7. The van der Waals surface area contributed by atoms with Gasteiger partial charge in [0, 0.05) is 19.6 Å². The second kappa shape index (κ2) is 6.52. The second-order valence-electron chi connectivity index (χ2n) is 4.70. The topological polar surface area (TPSA) is 41.6 Å². The number of carbonyl (C=O) groups excluding carboxylic acids is 1. The highest BCUT2D eigenvalue weighted by atomic mass is 19.1. The molecule has 19 heavy (non-hydrogen) atoms. The fraction of sp³-hybridized carbons (Fsp3) is 0.500. The average molecular weight is 266 g/mol. The Labute approximate surface area is 112 Å². The summed E-state index contributed by atoms with van der Waals surface area (Å²) in [7, 11) is 1.83. The molecule has 1 atom stereocenters. The third-order valence-corrected chi connectivity index (χ3v) is 3.37. The Balaban J connectivity index is 1.72. The van der Waals surface area contributed by atoms with E-state index >= 15 is 0 Å². The van der Waals surface area contributed by atoms with Crippen molar-refractivity contribution in [3.63, 3.8) is 0 Å². The molecular weight excluding hydrogens is 247 g/mol. The summed E-state index contributed by atoms with van der Waals surface area (Å²) in [5, 5.41) is 3.23. The van der Waals surface area contributed by atoms with Gasteiger partial charge in [0.2, 0.25) is 5.91 Å². The first-order chi connectivity index (χ1) is 9.16. The van der Waals surface area contributed by atoms with Gasteiger partial charge in [0.1, 0.15) is 11.6 Å². The Morgan fingerprint density at radius 1 is 1.47 bits per heavy atom. The van der Waals surface area contributed by atoms with Crippen molar-refractivity contribution < 1.29 is 13.9 Å². The molecule has 2 rings (SSSR count). The number of nitrogens with one attached hydrogen (secondary N) is 1. The summed E-state index contributed by atoms with van der Waals surface area (Å²) in [6.45, 7) is 2.14. The van der Waals surface area contributed by atoms with Gasteiger partial charge < -0.3 is 15.0 Å². The molecular formula is C14H19FN2O2. The van der Waals surface area contributed by atoms with Crippen LogP contribution in [-0.4, -0.2) is 43.6 Å².